The second-order valence-electron chi connectivity index (χ2n) is 12.4. The number of carbonyl (C=O) groups excluding carboxylic acids is 3. The molecule has 48 heavy (non-hydrogen) atoms. The van der Waals surface area contributed by atoms with Crippen molar-refractivity contribution >= 4 is 41.4 Å². The summed E-state index contributed by atoms with van der Waals surface area (Å²) in [6, 6.07) is 28.8. The molecule has 3 amide bonds. The second kappa shape index (κ2) is 19.5. The fourth-order valence-corrected chi connectivity index (χ4v) is 7.42. The molecule has 2 atom stereocenters. The van der Waals surface area contributed by atoms with Crippen LogP contribution in [0.5, 0.6) is 0 Å². The third-order valence-electron chi connectivity index (χ3n) is 7.88. The molecule has 0 unspecified atom stereocenters. The third-order valence-corrected chi connectivity index (χ3v) is 10.2. The van der Waals surface area contributed by atoms with E-state index in [1.807, 2.05) is 60.9 Å². The van der Waals surface area contributed by atoms with Gasteiger partial charge < -0.3 is 25.6 Å². The van der Waals surface area contributed by atoms with E-state index in [1.165, 1.54) is 0 Å². The molecule has 3 aromatic rings. The number of nitrogens with one attached hydrogen (secondary N) is 3. The summed E-state index contributed by atoms with van der Waals surface area (Å²) >= 11 is 3.17. The van der Waals surface area contributed by atoms with Gasteiger partial charge in [0.1, 0.15) is 17.7 Å². The minimum atomic E-state index is -0.999. The van der Waals surface area contributed by atoms with Crippen LogP contribution in [0.1, 0.15) is 57.7 Å². The average Bonchev–Trinajstić information content (AvgIpc) is 3.08. The average molecular weight is 693 g/mol. The highest BCUT2D eigenvalue weighted by molar-refractivity contribution is 8.00. The van der Waals surface area contributed by atoms with Crippen LogP contribution in [0.2, 0.25) is 0 Å². The molecule has 10 heteroatoms. The van der Waals surface area contributed by atoms with Crippen molar-refractivity contribution in [3.05, 3.63) is 108 Å². The van der Waals surface area contributed by atoms with Crippen molar-refractivity contribution in [1.29, 1.82) is 0 Å². The highest BCUT2D eigenvalue weighted by atomic mass is 32.2. The van der Waals surface area contributed by atoms with E-state index < -0.39 is 34.4 Å². The van der Waals surface area contributed by atoms with E-state index in [4.69, 9.17) is 4.74 Å². The predicted octanol–water partition coefficient (Wildman–Crippen LogP) is 6.30. The second-order valence-corrected chi connectivity index (χ2v) is 14.7. The summed E-state index contributed by atoms with van der Waals surface area (Å²) in [5, 5.41) is 8.82. The Kier molecular flexibility index (Phi) is 15.8. The molecule has 8 nitrogen and oxygen atoms in total. The Morgan fingerprint density at radius 3 is 1.69 bits per heavy atom. The first-order valence-corrected chi connectivity index (χ1v) is 19.0. The molecule has 0 bridgehead atoms. The van der Waals surface area contributed by atoms with E-state index in [2.05, 4.69) is 71.1 Å². The van der Waals surface area contributed by atoms with Crippen LogP contribution in [-0.2, 0) is 19.1 Å². The van der Waals surface area contributed by atoms with Crippen LogP contribution in [0.3, 0.4) is 0 Å². The number of likely N-dealkylation sites (N-methyl/N-ethyl adjacent to an activating group) is 1. The quantitative estimate of drug-likeness (QED) is 0.135. The summed E-state index contributed by atoms with van der Waals surface area (Å²) in [5.74, 6) is 0.205. The lowest BCUT2D eigenvalue weighted by Crippen LogP contribution is -2.55. The molecule has 3 aromatic carbocycles. The maximum atomic E-state index is 14.1. The lowest BCUT2D eigenvalue weighted by molar-refractivity contribution is -0.129. The molecule has 3 N–H and O–H groups in total. The molecule has 3 rings (SSSR count). The van der Waals surface area contributed by atoms with Gasteiger partial charge in [-0.25, -0.2) is 4.79 Å². The molecule has 0 aliphatic heterocycles. The highest BCUT2D eigenvalue weighted by Crippen LogP contribution is 2.48. The lowest BCUT2D eigenvalue weighted by atomic mass is 9.84. The predicted molar refractivity (Wildman–Crippen MR) is 201 cm³/mol. The number of carbonyl (C=O) groups is 3. The monoisotopic (exact) mass is 692 g/mol. The number of rotatable bonds is 18. The van der Waals surface area contributed by atoms with E-state index in [9.17, 15) is 14.4 Å². The minimum Gasteiger partial charge on any atom is -0.444 e. The normalized spacial score (nSPS) is 13.0. The number of alkyl carbamates (subject to hydrolysis) is 1. The molecular weight excluding hydrogens is 641 g/mol. The fourth-order valence-electron chi connectivity index (χ4n) is 5.39. The van der Waals surface area contributed by atoms with E-state index >= 15 is 0 Å². The molecule has 0 heterocycles. The summed E-state index contributed by atoms with van der Waals surface area (Å²) < 4.78 is 4.88. The number of thioether (sulfide) groups is 2. The zero-order chi connectivity index (χ0) is 35.0. The number of ether oxygens (including phenoxy) is 1. The number of hydrogen-bond acceptors (Lipinski definition) is 7. The van der Waals surface area contributed by atoms with Crippen LogP contribution in [0.4, 0.5) is 4.79 Å². The van der Waals surface area contributed by atoms with Gasteiger partial charge in [-0.15, -0.1) is 11.8 Å². The summed E-state index contributed by atoms with van der Waals surface area (Å²) in [7, 11) is 0. The van der Waals surface area contributed by atoms with Gasteiger partial charge in [-0.2, -0.15) is 11.8 Å². The smallest absolute Gasteiger partial charge is 0.408 e. The minimum absolute atomic E-state index is 0.197. The SMILES string of the molecule is CCN(CC)CCNC(=O)[C@H](CCSC)NC(=O)[C@H](CSC(c1ccccc1)(c1ccccc1)c1ccccc1)NC(=O)OC(C)(C)C. The van der Waals surface area contributed by atoms with Crippen molar-refractivity contribution in [3.63, 3.8) is 0 Å². The molecule has 0 saturated carbocycles. The molecule has 0 saturated heterocycles. The number of amides is 3. The van der Waals surface area contributed by atoms with Gasteiger partial charge in [-0.05, 0) is 69.0 Å². The Morgan fingerprint density at radius 2 is 1.25 bits per heavy atom. The van der Waals surface area contributed by atoms with Crippen LogP contribution in [0.15, 0.2) is 91.0 Å². The van der Waals surface area contributed by atoms with Crippen LogP contribution >= 0.6 is 23.5 Å². The topological polar surface area (TPSA) is 99.8 Å². The summed E-state index contributed by atoms with van der Waals surface area (Å²) in [6.45, 7) is 12.5. The van der Waals surface area contributed by atoms with E-state index in [-0.39, 0.29) is 11.7 Å². The van der Waals surface area contributed by atoms with Gasteiger partial charge in [0, 0.05) is 18.8 Å². The van der Waals surface area contributed by atoms with Crippen molar-refractivity contribution in [2.75, 3.05) is 43.9 Å². The zero-order valence-electron chi connectivity index (χ0n) is 29.2. The first kappa shape index (κ1) is 39.0. The molecule has 0 radical (unpaired) electrons. The van der Waals surface area contributed by atoms with Crippen molar-refractivity contribution in [3.8, 4) is 0 Å². The molecule has 0 aliphatic rings. The van der Waals surface area contributed by atoms with Gasteiger partial charge in [0.2, 0.25) is 11.8 Å². The third kappa shape index (κ3) is 11.6. The van der Waals surface area contributed by atoms with Gasteiger partial charge in [-0.3, -0.25) is 9.59 Å². The first-order valence-electron chi connectivity index (χ1n) is 16.6. The number of benzene rings is 3. The maximum absolute atomic E-state index is 14.1. The first-order chi connectivity index (χ1) is 23.0. The van der Waals surface area contributed by atoms with E-state index in [0.29, 0.717) is 18.7 Å². The van der Waals surface area contributed by atoms with Crippen LogP contribution in [0.25, 0.3) is 0 Å². The zero-order valence-corrected chi connectivity index (χ0v) is 30.8. The Labute approximate surface area is 295 Å². The van der Waals surface area contributed by atoms with Gasteiger partial charge in [0.25, 0.3) is 0 Å². The van der Waals surface area contributed by atoms with Gasteiger partial charge >= 0.3 is 6.09 Å². The van der Waals surface area contributed by atoms with Gasteiger partial charge in [-0.1, -0.05) is 105 Å². The summed E-state index contributed by atoms with van der Waals surface area (Å²) in [5.41, 5.74) is 2.35. The maximum Gasteiger partial charge on any atom is 0.408 e. The van der Waals surface area contributed by atoms with Crippen LogP contribution < -0.4 is 16.0 Å². The van der Waals surface area contributed by atoms with Gasteiger partial charge in [0.15, 0.2) is 0 Å². The van der Waals surface area contributed by atoms with Crippen LogP contribution in [0, 0.1) is 0 Å². The summed E-state index contributed by atoms with van der Waals surface area (Å²) in [4.78, 5) is 42.9. The Bertz CT molecular complexity index is 1300. The fraction of sp³-hybridized carbons (Fsp3) is 0.447. The van der Waals surface area contributed by atoms with Crippen molar-refractivity contribution in [1.82, 2.24) is 20.9 Å². The summed E-state index contributed by atoms with van der Waals surface area (Å²) in [6.07, 6.45) is 1.73. The van der Waals surface area contributed by atoms with Crippen molar-refractivity contribution in [2.24, 2.45) is 0 Å². The van der Waals surface area contributed by atoms with Gasteiger partial charge in [0.05, 0.1) is 4.75 Å². The molecule has 260 valence electrons. The number of nitrogens with zero attached hydrogens (tertiary/aromatic N) is 1. The molecule has 0 aromatic heterocycles. The molecule has 0 fully saturated rings. The lowest BCUT2D eigenvalue weighted by Gasteiger charge is -2.36. The van der Waals surface area contributed by atoms with Crippen molar-refractivity contribution in [2.45, 2.75) is 63.5 Å². The molecule has 0 aliphatic carbocycles. The Morgan fingerprint density at radius 1 is 0.750 bits per heavy atom. The van der Waals surface area contributed by atoms with E-state index in [0.717, 1.165) is 36.3 Å². The largest absolute Gasteiger partial charge is 0.444 e. The van der Waals surface area contributed by atoms with E-state index in [1.54, 1.807) is 44.3 Å². The Hall–Kier alpha value is -3.47. The molecular formula is C38H52N4O4S2. The number of hydrogen-bond donors (Lipinski definition) is 3. The Balaban J connectivity index is 1.97. The molecule has 0 spiro atoms. The highest BCUT2D eigenvalue weighted by Gasteiger charge is 2.39. The van der Waals surface area contributed by atoms with Crippen molar-refractivity contribution < 1.29 is 19.1 Å². The standard InChI is InChI=1S/C38H52N4O4S2/c1-7-42(8-2)26-25-39-34(43)32(24-27-47-6)40-35(44)33(41-36(45)46-37(3,4)5)28-48-38(29-18-12-9-13-19-29,30-20-14-10-15-21-30)31-22-16-11-17-23-31/h9-23,32-33H,7-8,24-28H2,1-6H3,(H,39,43)(H,40,44)(H,41,45)/t32-,33-/m0/s1. The van der Waals surface area contributed by atoms with Crippen LogP contribution in [-0.4, -0.2) is 84.4 Å².